The van der Waals surface area contributed by atoms with E-state index in [1.807, 2.05) is 24.3 Å². The Labute approximate surface area is 154 Å². The van der Waals surface area contributed by atoms with Gasteiger partial charge in [-0.3, -0.25) is 4.79 Å². The molecule has 3 aromatic rings. The molecule has 0 spiro atoms. The maximum Gasteiger partial charge on any atom is 0.229 e. The topological polar surface area (TPSA) is 58.1 Å². The number of rotatable bonds is 3. The molecule has 1 amide bonds. The summed E-state index contributed by atoms with van der Waals surface area (Å²) in [5.74, 6) is -0.00402. The van der Waals surface area contributed by atoms with Crippen molar-refractivity contribution < 1.29 is 4.79 Å². The molecule has 0 saturated carbocycles. The van der Waals surface area contributed by atoms with Crippen molar-refractivity contribution in [1.82, 2.24) is 9.97 Å². The predicted molar refractivity (Wildman–Crippen MR) is 102 cm³/mol. The highest BCUT2D eigenvalue weighted by molar-refractivity contribution is 7.21. The Bertz CT molecular complexity index is 862. The van der Waals surface area contributed by atoms with Crippen molar-refractivity contribution in [3.8, 4) is 0 Å². The van der Waals surface area contributed by atoms with Crippen LogP contribution in [-0.4, -0.2) is 29.0 Å². The Morgan fingerprint density at radius 3 is 2.92 bits per heavy atom. The van der Waals surface area contributed by atoms with Gasteiger partial charge in [-0.2, -0.15) is 0 Å². The molecule has 1 saturated heterocycles. The molecule has 0 unspecified atom stereocenters. The summed E-state index contributed by atoms with van der Waals surface area (Å²) in [5, 5.41) is 4.58. The molecule has 0 bridgehead atoms. The average molecular weight is 373 g/mol. The summed E-state index contributed by atoms with van der Waals surface area (Å²) in [7, 11) is 0. The first-order chi connectivity index (χ1) is 12.2. The fourth-order valence-electron chi connectivity index (χ4n) is 3.04. The number of carbonyl (C=O) groups excluding carboxylic acids is 1. The van der Waals surface area contributed by atoms with Gasteiger partial charge in [-0.15, -0.1) is 0 Å². The van der Waals surface area contributed by atoms with Crippen LogP contribution in [0.5, 0.6) is 0 Å². The smallest absolute Gasteiger partial charge is 0.229 e. The number of nitrogens with one attached hydrogen (secondary N) is 1. The third-order valence-electron chi connectivity index (χ3n) is 4.33. The lowest BCUT2D eigenvalue weighted by molar-refractivity contribution is -0.120. The van der Waals surface area contributed by atoms with Gasteiger partial charge in [0.2, 0.25) is 5.91 Å². The van der Waals surface area contributed by atoms with E-state index in [1.54, 1.807) is 29.7 Å². The number of hydrogen-bond donors (Lipinski definition) is 1. The molecule has 5 nitrogen and oxygen atoms in total. The van der Waals surface area contributed by atoms with Gasteiger partial charge in [0.05, 0.1) is 5.92 Å². The molecule has 3 heterocycles. The van der Waals surface area contributed by atoms with Crippen LogP contribution >= 0.6 is 22.9 Å². The third kappa shape index (κ3) is 3.60. The molecule has 0 aliphatic carbocycles. The van der Waals surface area contributed by atoms with Crippen LogP contribution in [-0.2, 0) is 4.79 Å². The van der Waals surface area contributed by atoms with E-state index in [0.29, 0.717) is 11.6 Å². The van der Waals surface area contributed by atoms with Gasteiger partial charge in [0.15, 0.2) is 5.13 Å². The Kier molecular flexibility index (Phi) is 4.55. The lowest BCUT2D eigenvalue weighted by Crippen LogP contribution is -2.40. The summed E-state index contributed by atoms with van der Waals surface area (Å²) in [6, 6.07) is 11.1. The zero-order valence-electron chi connectivity index (χ0n) is 13.5. The van der Waals surface area contributed by atoms with Crippen LogP contribution in [0.3, 0.4) is 0 Å². The van der Waals surface area contributed by atoms with Gasteiger partial charge in [0.1, 0.15) is 10.3 Å². The van der Waals surface area contributed by atoms with Crippen LogP contribution in [0.1, 0.15) is 12.8 Å². The summed E-state index contributed by atoms with van der Waals surface area (Å²) in [4.78, 5) is 24.7. The quantitative estimate of drug-likeness (QED) is 0.748. The average Bonchev–Trinajstić information content (AvgIpc) is 3.08. The van der Waals surface area contributed by atoms with Crippen molar-refractivity contribution in [3.63, 3.8) is 0 Å². The fourth-order valence-corrected chi connectivity index (χ4v) is 4.11. The van der Waals surface area contributed by atoms with E-state index < -0.39 is 0 Å². The predicted octanol–water partition coefficient (Wildman–Crippen LogP) is 4.20. The van der Waals surface area contributed by atoms with E-state index in [0.717, 1.165) is 40.6 Å². The first-order valence-electron chi connectivity index (χ1n) is 8.22. The number of fused-ring (bicyclic) bond motifs is 1. The van der Waals surface area contributed by atoms with Gasteiger partial charge >= 0.3 is 0 Å². The number of halogens is 1. The van der Waals surface area contributed by atoms with Crippen LogP contribution in [0, 0.1) is 5.92 Å². The first kappa shape index (κ1) is 16.3. The van der Waals surface area contributed by atoms with E-state index >= 15 is 0 Å². The summed E-state index contributed by atoms with van der Waals surface area (Å²) < 4.78 is 0. The van der Waals surface area contributed by atoms with Crippen LogP contribution in [0.25, 0.3) is 10.3 Å². The van der Waals surface area contributed by atoms with Gasteiger partial charge in [0.25, 0.3) is 0 Å². The van der Waals surface area contributed by atoms with Gasteiger partial charge in [-0.25, -0.2) is 9.97 Å². The van der Waals surface area contributed by atoms with Gasteiger partial charge < -0.3 is 10.2 Å². The maximum atomic E-state index is 12.6. The van der Waals surface area contributed by atoms with Crippen LogP contribution in [0.15, 0.2) is 42.6 Å². The lowest BCUT2D eigenvalue weighted by atomic mass is 9.97. The summed E-state index contributed by atoms with van der Waals surface area (Å²) in [6.07, 6.45) is 3.64. The molecule has 0 radical (unpaired) electrons. The highest BCUT2D eigenvalue weighted by atomic mass is 35.5. The van der Waals surface area contributed by atoms with Crippen molar-refractivity contribution in [1.29, 1.82) is 0 Å². The fraction of sp³-hybridized carbons (Fsp3) is 0.278. The SMILES string of the molecule is O=C(Nc1ccc(Cl)cc1)[C@H]1CCCN(c2nc3cccnc3s2)C1. The van der Waals surface area contributed by atoms with Gasteiger partial charge in [-0.05, 0) is 49.2 Å². The standard InChI is InChI=1S/C18H17ClN4OS/c19-13-5-7-14(8-6-13)21-16(24)12-3-2-10-23(11-12)18-22-15-4-1-9-20-17(15)25-18/h1,4-9,12H,2-3,10-11H2,(H,21,24)/t12-/m0/s1. The van der Waals surface area contributed by atoms with Crippen molar-refractivity contribution in [2.24, 2.45) is 5.92 Å². The number of thiazole rings is 1. The largest absolute Gasteiger partial charge is 0.347 e. The lowest BCUT2D eigenvalue weighted by Gasteiger charge is -2.31. The Balaban J connectivity index is 1.46. The van der Waals surface area contributed by atoms with Gasteiger partial charge in [-0.1, -0.05) is 22.9 Å². The monoisotopic (exact) mass is 372 g/mol. The van der Waals surface area contributed by atoms with Gasteiger partial charge in [0, 0.05) is 30.0 Å². The Morgan fingerprint density at radius 1 is 1.28 bits per heavy atom. The van der Waals surface area contributed by atoms with Crippen molar-refractivity contribution >= 4 is 50.0 Å². The number of anilines is 2. The molecule has 4 rings (SSSR count). The summed E-state index contributed by atoms with van der Waals surface area (Å²) in [6.45, 7) is 1.60. The molecular weight excluding hydrogens is 356 g/mol. The number of carbonyl (C=O) groups is 1. The Morgan fingerprint density at radius 2 is 2.12 bits per heavy atom. The molecule has 1 N–H and O–H groups in total. The van der Waals surface area contributed by atoms with E-state index in [4.69, 9.17) is 11.6 Å². The second kappa shape index (κ2) is 6.98. The first-order valence-corrected chi connectivity index (χ1v) is 9.41. The molecule has 7 heteroatoms. The minimum Gasteiger partial charge on any atom is -0.347 e. The van der Waals surface area contributed by atoms with Crippen LogP contribution in [0.4, 0.5) is 10.8 Å². The minimum absolute atomic E-state index is 0.0475. The molecule has 1 fully saturated rings. The van der Waals surface area contributed by atoms with Crippen LogP contribution in [0.2, 0.25) is 5.02 Å². The number of nitrogens with zero attached hydrogens (tertiary/aromatic N) is 3. The molecule has 1 aliphatic rings. The summed E-state index contributed by atoms with van der Waals surface area (Å²) >= 11 is 7.47. The molecule has 1 aliphatic heterocycles. The van der Waals surface area contributed by atoms with E-state index in [1.165, 1.54) is 0 Å². The number of amides is 1. The molecule has 2 aromatic heterocycles. The minimum atomic E-state index is -0.0515. The second-order valence-electron chi connectivity index (χ2n) is 6.11. The van der Waals surface area contributed by atoms with Crippen LogP contribution < -0.4 is 10.2 Å². The highest BCUT2D eigenvalue weighted by Gasteiger charge is 2.27. The number of hydrogen-bond acceptors (Lipinski definition) is 5. The maximum absolute atomic E-state index is 12.6. The van der Waals surface area contributed by atoms with E-state index in [2.05, 4.69) is 20.2 Å². The normalized spacial score (nSPS) is 17.6. The molecule has 128 valence electrons. The highest BCUT2D eigenvalue weighted by Crippen LogP contribution is 2.30. The Hall–Kier alpha value is -2.18. The second-order valence-corrected chi connectivity index (χ2v) is 7.50. The van der Waals surface area contributed by atoms with E-state index in [-0.39, 0.29) is 11.8 Å². The van der Waals surface area contributed by atoms with Crippen molar-refractivity contribution in [2.75, 3.05) is 23.3 Å². The number of pyridine rings is 1. The van der Waals surface area contributed by atoms with E-state index in [9.17, 15) is 4.79 Å². The molecule has 25 heavy (non-hydrogen) atoms. The molecule has 1 atom stereocenters. The number of aromatic nitrogens is 2. The van der Waals surface area contributed by atoms with Crippen molar-refractivity contribution in [2.45, 2.75) is 12.8 Å². The molecular formula is C18H17ClN4OS. The third-order valence-corrected chi connectivity index (χ3v) is 5.62. The van der Waals surface area contributed by atoms with Crippen molar-refractivity contribution in [3.05, 3.63) is 47.6 Å². The molecule has 1 aromatic carbocycles. The number of piperidine rings is 1. The zero-order chi connectivity index (χ0) is 17.2. The summed E-state index contributed by atoms with van der Waals surface area (Å²) in [5.41, 5.74) is 1.69. The number of benzene rings is 1. The zero-order valence-corrected chi connectivity index (χ0v) is 15.1.